The Bertz CT molecular complexity index is 693. The molecule has 0 aromatic heterocycles. The maximum Gasteiger partial charge on any atom is 0.303 e. The van der Waals surface area contributed by atoms with Crippen LogP contribution in [0.25, 0.3) is 0 Å². The predicted molar refractivity (Wildman–Crippen MR) is 88.6 cm³/mol. The maximum atomic E-state index is 13.0. The van der Waals surface area contributed by atoms with Crippen molar-refractivity contribution < 1.29 is 28.6 Å². The average molecular weight is 371 g/mol. The van der Waals surface area contributed by atoms with Crippen LogP contribution in [-0.4, -0.2) is 61.7 Å². The number of ether oxygens (including phenoxy) is 3. The molecule has 1 aromatic carbocycles. The zero-order valence-electron chi connectivity index (χ0n) is 14.2. The molecule has 1 aliphatic rings. The van der Waals surface area contributed by atoms with Gasteiger partial charge in [-0.05, 0) is 18.6 Å². The minimum Gasteiger partial charge on any atom is -0.496 e. The number of carbonyl (C=O) groups excluding carboxylic acids is 3. The van der Waals surface area contributed by atoms with Crippen LogP contribution < -0.4 is 9.47 Å². The average Bonchev–Trinajstić information content (AvgIpc) is 3.08. The highest BCUT2D eigenvalue weighted by Gasteiger charge is 2.35. The number of rotatable bonds is 5. The van der Waals surface area contributed by atoms with Gasteiger partial charge in [0.1, 0.15) is 11.3 Å². The monoisotopic (exact) mass is 370 g/mol. The molecule has 1 saturated heterocycles. The lowest BCUT2D eigenvalue weighted by Gasteiger charge is -2.28. The highest BCUT2D eigenvalue weighted by molar-refractivity contribution is 6.32. The van der Waals surface area contributed by atoms with E-state index >= 15 is 0 Å². The first kappa shape index (κ1) is 18.9. The lowest BCUT2D eigenvalue weighted by atomic mass is 10.1. The van der Waals surface area contributed by atoms with Crippen molar-refractivity contribution in [3.8, 4) is 11.5 Å². The Morgan fingerprint density at radius 3 is 2.40 bits per heavy atom. The fraction of sp³-hybridized carbons (Fsp3) is 0.438. The Morgan fingerprint density at radius 2 is 1.80 bits per heavy atom. The van der Waals surface area contributed by atoms with Gasteiger partial charge in [-0.15, -0.1) is 0 Å². The first-order valence-corrected chi connectivity index (χ1v) is 7.94. The van der Waals surface area contributed by atoms with Crippen LogP contribution in [-0.2, 0) is 14.3 Å². The number of halogens is 1. The highest BCUT2D eigenvalue weighted by Crippen LogP contribution is 2.37. The van der Waals surface area contributed by atoms with E-state index in [0.717, 1.165) is 0 Å². The fourth-order valence-electron chi connectivity index (χ4n) is 2.56. The molecule has 1 aromatic rings. The van der Waals surface area contributed by atoms with Gasteiger partial charge in [0.15, 0.2) is 12.4 Å². The van der Waals surface area contributed by atoms with Gasteiger partial charge in [-0.1, -0.05) is 11.6 Å². The Kier molecular flexibility index (Phi) is 6.08. The van der Waals surface area contributed by atoms with Crippen LogP contribution in [0.1, 0.15) is 23.7 Å². The lowest BCUT2D eigenvalue weighted by molar-refractivity contribution is -0.155. The molecule has 0 saturated carbocycles. The number of carbonyl (C=O) groups is 3. The lowest BCUT2D eigenvalue weighted by Crippen LogP contribution is -2.46. The van der Waals surface area contributed by atoms with Crippen molar-refractivity contribution in [2.24, 2.45) is 0 Å². The smallest absolute Gasteiger partial charge is 0.303 e. The van der Waals surface area contributed by atoms with Gasteiger partial charge in [0.2, 0.25) is 0 Å². The number of amides is 2. The summed E-state index contributed by atoms with van der Waals surface area (Å²) in [6.07, 6.45) is 0.600. The van der Waals surface area contributed by atoms with Gasteiger partial charge >= 0.3 is 5.97 Å². The Hall–Kier alpha value is -2.48. The molecule has 0 N–H and O–H groups in total. The zero-order chi connectivity index (χ0) is 18.6. The summed E-state index contributed by atoms with van der Waals surface area (Å²) in [7, 11) is 2.82. The number of hydrogen-bond donors (Lipinski definition) is 0. The van der Waals surface area contributed by atoms with Crippen LogP contribution in [0.15, 0.2) is 12.1 Å². The normalized spacial score (nSPS) is 13.6. The largest absolute Gasteiger partial charge is 0.496 e. The van der Waals surface area contributed by atoms with E-state index in [1.807, 2.05) is 0 Å². The van der Waals surface area contributed by atoms with E-state index in [9.17, 15) is 14.4 Å². The number of nitrogens with zero attached hydrogens (tertiary/aromatic N) is 2. The van der Waals surface area contributed by atoms with E-state index in [2.05, 4.69) is 0 Å². The molecular formula is C16H19ClN2O6. The SMILES string of the molecule is COc1ccc(Cl)c(OC)c1C(=O)N1CCCN1C(=O)COC(C)=O. The van der Waals surface area contributed by atoms with Gasteiger partial charge in [0.25, 0.3) is 11.8 Å². The molecule has 0 radical (unpaired) electrons. The van der Waals surface area contributed by atoms with Gasteiger partial charge in [-0.3, -0.25) is 14.4 Å². The summed E-state index contributed by atoms with van der Waals surface area (Å²) in [5, 5.41) is 2.79. The third-order valence-corrected chi connectivity index (χ3v) is 3.96. The summed E-state index contributed by atoms with van der Waals surface area (Å²) in [5.74, 6) is -1.08. The van der Waals surface area contributed by atoms with Crippen LogP contribution in [0, 0.1) is 0 Å². The van der Waals surface area contributed by atoms with Gasteiger partial charge in [0.05, 0.1) is 19.2 Å². The number of esters is 1. The van der Waals surface area contributed by atoms with E-state index in [0.29, 0.717) is 19.5 Å². The second-order valence-corrected chi connectivity index (χ2v) is 5.64. The topological polar surface area (TPSA) is 85.4 Å². The van der Waals surface area contributed by atoms with Gasteiger partial charge < -0.3 is 14.2 Å². The third kappa shape index (κ3) is 3.96. The second kappa shape index (κ2) is 8.06. The predicted octanol–water partition coefficient (Wildman–Crippen LogP) is 1.51. The van der Waals surface area contributed by atoms with E-state index in [1.165, 1.54) is 31.2 Å². The molecule has 25 heavy (non-hydrogen) atoms. The van der Waals surface area contributed by atoms with Gasteiger partial charge in [0, 0.05) is 20.0 Å². The fourth-order valence-corrected chi connectivity index (χ4v) is 2.80. The van der Waals surface area contributed by atoms with Crippen LogP contribution in [0.3, 0.4) is 0 Å². The van der Waals surface area contributed by atoms with Crippen LogP contribution >= 0.6 is 11.6 Å². The molecule has 0 spiro atoms. The molecule has 1 fully saturated rings. The van der Waals surface area contributed by atoms with E-state index in [4.69, 9.17) is 25.8 Å². The molecular weight excluding hydrogens is 352 g/mol. The van der Waals surface area contributed by atoms with E-state index in [-0.39, 0.29) is 22.1 Å². The van der Waals surface area contributed by atoms with Crippen molar-refractivity contribution >= 4 is 29.4 Å². The van der Waals surface area contributed by atoms with Crippen molar-refractivity contribution in [3.05, 3.63) is 22.7 Å². The summed E-state index contributed by atoms with van der Waals surface area (Å²) in [6, 6.07) is 3.11. The summed E-state index contributed by atoms with van der Waals surface area (Å²) < 4.78 is 15.2. The van der Waals surface area contributed by atoms with Crippen molar-refractivity contribution in [1.82, 2.24) is 10.0 Å². The van der Waals surface area contributed by atoms with Crippen LogP contribution in [0.4, 0.5) is 0 Å². The number of benzene rings is 1. The first-order chi connectivity index (χ1) is 11.9. The summed E-state index contributed by atoms with van der Waals surface area (Å²) in [6.45, 7) is 1.46. The van der Waals surface area contributed by atoms with Crippen molar-refractivity contribution in [2.75, 3.05) is 33.9 Å². The summed E-state index contributed by atoms with van der Waals surface area (Å²) in [4.78, 5) is 36.1. The first-order valence-electron chi connectivity index (χ1n) is 7.56. The molecule has 136 valence electrons. The molecule has 2 amide bonds. The Labute approximate surface area is 150 Å². The quantitative estimate of drug-likeness (QED) is 0.730. The zero-order valence-corrected chi connectivity index (χ0v) is 15.0. The number of methoxy groups -OCH3 is 2. The Balaban J connectivity index is 2.32. The molecule has 0 atom stereocenters. The number of hydrogen-bond acceptors (Lipinski definition) is 6. The molecule has 1 heterocycles. The number of hydrazine groups is 1. The van der Waals surface area contributed by atoms with Crippen LogP contribution in [0.2, 0.25) is 5.02 Å². The van der Waals surface area contributed by atoms with Crippen LogP contribution in [0.5, 0.6) is 11.5 Å². The highest BCUT2D eigenvalue weighted by atomic mass is 35.5. The molecule has 8 nitrogen and oxygen atoms in total. The summed E-state index contributed by atoms with van der Waals surface area (Å²) in [5.41, 5.74) is 0.129. The minimum absolute atomic E-state index is 0.129. The van der Waals surface area contributed by atoms with E-state index < -0.39 is 24.4 Å². The second-order valence-electron chi connectivity index (χ2n) is 5.24. The summed E-state index contributed by atoms with van der Waals surface area (Å²) >= 11 is 6.10. The van der Waals surface area contributed by atoms with Gasteiger partial charge in [-0.25, -0.2) is 10.0 Å². The van der Waals surface area contributed by atoms with Crippen molar-refractivity contribution in [1.29, 1.82) is 0 Å². The molecule has 0 unspecified atom stereocenters. The molecule has 2 rings (SSSR count). The standard InChI is InChI=1S/C16H19ClN2O6/c1-10(20)25-9-13(21)18-7-4-8-19(18)16(22)14-12(23-2)6-5-11(17)15(14)24-3/h5-6H,4,7-9H2,1-3H3. The molecule has 0 bridgehead atoms. The molecule has 9 heteroatoms. The third-order valence-electron chi connectivity index (χ3n) is 3.66. The molecule has 0 aliphatic carbocycles. The maximum absolute atomic E-state index is 13.0. The van der Waals surface area contributed by atoms with E-state index in [1.54, 1.807) is 12.1 Å². The minimum atomic E-state index is -0.566. The van der Waals surface area contributed by atoms with Crippen molar-refractivity contribution in [3.63, 3.8) is 0 Å². The molecule has 1 aliphatic heterocycles. The van der Waals surface area contributed by atoms with Crippen molar-refractivity contribution in [2.45, 2.75) is 13.3 Å². The Morgan fingerprint density at radius 1 is 1.12 bits per heavy atom. The van der Waals surface area contributed by atoms with Gasteiger partial charge in [-0.2, -0.15) is 0 Å².